The highest BCUT2D eigenvalue weighted by Crippen LogP contribution is 2.20. The van der Waals surface area contributed by atoms with Gasteiger partial charge in [-0.25, -0.2) is 4.79 Å². The van der Waals surface area contributed by atoms with Gasteiger partial charge in [-0.05, 0) is 43.0 Å². The lowest BCUT2D eigenvalue weighted by molar-refractivity contribution is -0.161. The van der Waals surface area contributed by atoms with E-state index < -0.39 is 12.1 Å². The first-order valence-corrected chi connectivity index (χ1v) is 8.78. The highest BCUT2D eigenvalue weighted by Gasteiger charge is 2.27. The van der Waals surface area contributed by atoms with Crippen LogP contribution in [0.5, 0.6) is 5.75 Å². The van der Waals surface area contributed by atoms with Crippen LogP contribution in [0.15, 0.2) is 48.5 Å². The van der Waals surface area contributed by atoms with Gasteiger partial charge in [-0.1, -0.05) is 42.5 Å². The van der Waals surface area contributed by atoms with Crippen molar-refractivity contribution in [3.05, 3.63) is 65.2 Å². The number of fused-ring (bicyclic) bond motifs is 1. The summed E-state index contributed by atoms with van der Waals surface area (Å²) in [6.45, 7) is 4.48. The molecule has 5 heteroatoms. The second kappa shape index (κ2) is 8.04. The number of hydrogen-bond acceptors (Lipinski definition) is 4. The Labute approximate surface area is 153 Å². The summed E-state index contributed by atoms with van der Waals surface area (Å²) in [5.74, 6) is -0.0914. The van der Waals surface area contributed by atoms with Crippen LogP contribution in [-0.2, 0) is 27.3 Å². The van der Waals surface area contributed by atoms with Crippen LogP contribution in [0.25, 0.3) is 0 Å². The Morgan fingerprint density at radius 1 is 1.08 bits per heavy atom. The first kappa shape index (κ1) is 18.0. The number of aryl methyl sites for hydroxylation is 1. The Balaban J connectivity index is 1.51. The Hall–Kier alpha value is -2.82. The van der Waals surface area contributed by atoms with Crippen molar-refractivity contribution in [1.29, 1.82) is 0 Å². The van der Waals surface area contributed by atoms with Gasteiger partial charge in [0.25, 0.3) is 5.91 Å². The summed E-state index contributed by atoms with van der Waals surface area (Å²) in [5.41, 5.74) is 3.36. The minimum atomic E-state index is -0.826. The fourth-order valence-electron chi connectivity index (χ4n) is 3.08. The SMILES string of the molecule is Cc1ccccc1OCC(=O)O[C@@H](C)C(=O)N1CCc2ccccc2C1. The summed E-state index contributed by atoms with van der Waals surface area (Å²) in [6.07, 6.45) is -0.00728. The monoisotopic (exact) mass is 353 g/mol. The lowest BCUT2D eigenvalue weighted by Crippen LogP contribution is -2.43. The summed E-state index contributed by atoms with van der Waals surface area (Å²) < 4.78 is 10.7. The van der Waals surface area contributed by atoms with Gasteiger partial charge in [0.1, 0.15) is 5.75 Å². The number of ether oxygens (including phenoxy) is 2. The molecule has 1 amide bonds. The van der Waals surface area contributed by atoms with Crippen LogP contribution in [0.1, 0.15) is 23.6 Å². The standard InChI is InChI=1S/C21H23NO4/c1-15-7-3-6-10-19(15)25-14-20(23)26-16(2)21(24)22-12-11-17-8-4-5-9-18(17)13-22/h3-10,16H,11-14H2,1-2H3/t16-/m0/s1. The fourth-order valence-corrected chi connectivity index (χ4v) is 3.08. The number of nitrogens with zero attached hydrogens (tertiary/aromatic N) is 1. The van der Waals surface area contributed by atoms with Crippen LogP contribution >= 0.6 is 0 Å². The van der Waals surface area contributed by atoms with Gasteiger partial charge >= 0.3 is 5.97 Å². The number of carbonyl (C=O) groups excluding carboxylic acids is 2. The summed E-state index contributed by atoms with van der Waals surface area (Å²) in [6, 6.07) is 15.5. The predicted octanol–water partition coefficient (Wildman–Crippen LogP) is 2.89. The lowest BCUT2D eigenvalue weighted by Gasteiger charge is -2.30. The van der Waals surface area contributed by atoms with Gasteiger partial charge in [0.2, 0.25) is 0 Å². The largest absolute Gasteiger partial charge is 0.482 e. The van der Waals surface area contributed by atoms with Crippen molar-refractivity contribution < 1.29 is 19.1 Å². The number of hydrogen-bond donors (Lipinski definition) is 0. The maximum absolute atomic E-state index is 12.6. The summed E-state index contributed by atoms with van der Waals surface area (Å²) >= 11 is 0. The van der Waals surface area contributed by atoms with Crippen molar-refractivity contribution >= 4 is 11.9 Å². The minimum absolute atomic E-state index is 0.177. The summed E-state index contributed by atoms with van der Waals surface area (Å²) in [5, 5.41) is 0. The third-order valence-corrected chi connectivity index (χ3v) is 4.54. The highest BCUT2D eigenvalue weighted by molar-refractivity contribution is 5.84. The Bertz CT molecular complexity index is 802. The molecule has 1 aliphatic heterocycles. The summed E-state index contributed by atoms with van der Waals surface area (Å²) in [7, 11) is 0. The molecule has 0 bridgehead atoms. The smallest absolute Gasteiger partial charge is 0.344 e. The lowest BCUT2D eigenvalue weighted by atomic mass is 9.99. The molecule has 26 heavy (non-hydrogen) atoms. The molecule has 2 aromatic rings. The van der Waals surface area contributed by atoms with E-state index in [2.05, 4.69) is 6.07 Å². The molecule has 136 valence electrons. The van der Waals surface area contributed by atoms with Crippen LogP contribution in [0.4, 0.5) is 0 Å². The molecule has 0 fully saturated rings. The van der Waals surface area contributed by atoms with Gasteiger partial charge < -0.3 is 14.4 Å². The van der Waals surface area contributed by atoms with Crippen LogP contribution in [-0.4, -0.2) is 36.0 Å². The molecule has 0 radical (unpaired) electrons. The molecule has 0 saturated heterocycles. The van der Waals surface area contributed by atoms with E-state index in [1.165, 1.54) is 5.56 Å². The van der Waals surface area contributed by atoms with E-state index >= 15 is 0 Å². The van der Waals surface area contributed by atoms with E-state index in [9.17, 15) is 9.59 Å². The molecule has 0 aliphatic carbocycles. The highest BCUT2D eigenvalue weighted by atomic mass is 16.6. The normalized spacial score (nSPS) is 14.3. The van der Waals surface area contributed by atoms with Crippen LogP contribution in [0.3, 0.4) is 0 Å². The summed E-state index contributed by atoms with van der Waals surface area (Å²) in [4.78, 5) is 26.3. The molecule has 3 rings (SSSR count). The number of rotatable bonds is 5. The minimum Gasteiger partial charge on any atom is -0.482 e. The van der Waals surface area contributed by atoms with Crippen LogP contribution in [0, 0.1) is 6.92 Å². The zero-order valence-electron chi connectivity index (χ0n) is 15.1. The van der Waals surface area contributed by atoms with Crippen molar-refractivity contribution in [1.82, 2.24) is 4.90 Å². The fraction of sp³-hybridized carbons (Fsp3) is 0.333. The number of esters is 1. The Morgan fingerprint density at radius 2 is 1.77 bits per heavy atom. The molecular formula is C21H23NO4. The molecule has 1 heterocycles. The van der Waals surface area contributed by atoms with E-state index in [1.54, 1.807) is 17.9 Å². The zero-order chi connectivity index (χ0) is 18.5. The zero-order valence-corrected chi connectivity index (χ0v) is 15.1. The van der Waals surface area contributed by atoms with E-state index in [0.29, 0.717) is 18.8 Å². The molecule has 0 unspecified atom stereocenters. The first-order valence-electron chi connectivity index (χ1n) is 8.78. The second-order valence-electron chi connectivity index (χ2n) is 6.46. The Kier molecular flexibility index (Phi) is 5.56. The third kappa shape index (κ3) is 4.23. The van der Waals surface area contributed by atoms with E-state index in [-0.39, 0.29) is 12.5 Å². The third-order valence-electron chi connectivity index (χ3n) is 4.54. The van der Waals surface area contributed by atoms with E-state index in [0.717, 1.165) is 17.5 Å². The molecular weight excluding hydrogens is 330 g/mol. The molecule has 0 spiro atoms. The number of carbonyl (C=O) groups is 2. The van der Waals surface area contributed by atoms with Gasteiger partial charge in [-0.3, -0.25) is 4.79 Å². The van der Waals surface area contributed by atoms with Crippen molar-refractivity contribution in [2.75, 3.05) is 13.2 Å². The van der Waals surface area contributed by atoms with E-state index in [4.69, 9.17) is 9.47 Å². The van der Waals surface area contributed by atoms with E-state index in [1.807, 2.05) is 43.3 Å². The number of amides is 1. The van der Waals surface area contributed by atoms with Crippen molar-refractivity contribution in [3.63, 3.8) is 0 Å². The van der Waals surface area contributed by atoms with Gasteiger partial charge in [-0.15, -0.1) is 0 Å². The molecule has 2 aromatic carbocycles. The average Bonchev–Trinajstić information content (AvgIpc) is 2.66. The Morgan fingerprint density at radius 3 is 2.54 bits per heavy atom. The molecule has 1 aliphatic rings. The molecule has 0 aromatic heterocycles. The van der Waals surface area contributed by atoms with Crippen molar-refractivity contribution in [2.24, 2.45) is 0 Å². The van der Waals surface area contributed by atoms with Crippen LogP contribution < -0.4 is 4.74 Å². The quantitative estimate of drug-likeness (QED) is 0.776. The van der Waals surface area contributed by atoms with Crippen molar-refractivity contribution in [3.8, 4) is 5.75 Å². The van der Waals surface area contributed by atoms with Gasteiger partial charge in [0.05, 0.1) is 0 Å². The maximum atomic E-state index is 12.6. The second-order valence-corrected chi connectivity index (χ2v) is 6.46. The molecule has 1 atom stereocenters. The van der Waals surface area contributed by atoms with Gasteiger partial charge in [0, 0.05) is 13.1 Å². The van der Waals surface area contributed by atoms with Crippen molar-refractivity contribution in [2.45, 2.75) is 32.9 Å². The first-order chi connectivity index (χ1) is 12.5. The number of para-hydroxylation sites is 1. The number of benzene rings is 2. The maximum Gasteiger partial charge on any atom is 0.344 e. The molecule has 0 N–H and O–H groups in total. The molecule has 5 nitrogen and oxygen atoms in total. The molecule has 0 saturated carbocycles. The topological polar surface area (TPSA) is 55.8 Å². The predicted molar refractivity (Wildman–Crippen MR) is 97.8 cm³/mol. The van der Waals surface area contributed by atoms with Gasteiger partial charge in [-0.2, -0.15) is 0 Å². The average molecular weight is 353 g/mol. The van der Waals surface area contributed by atoms with Gasteiger partial charge in [0.15, 0.2) is 12.7 Å². The van der Waals surface area contributed by atoms with Crippen LogP contribution in [0.2, 0.25) is 0 Å².